The zero-order chi connectivity index (χ0) is 23.9. The van der Waals surface area contributed by atoms with E-state index in [4.69, 9.17) is 4.98 Å². The lowest BCUT2D eigenvalue weighted by Crippen LogP contribution is -1.91. The van der Waals surface area contributed by atoms with Crippen molar-refractivity contribution in [3.05, 3.63) is 134 Å². The van der Waals surface area contributed by atoms with Gasteiger partial charge in [0.2, 0.25) is 0 Å². The molecule has 0 aliphatic heterocycles. The lowest BCUT2D eigenvalue weighted by atomic mass is 9.94. The van der Waals surface area contributed by atoms with E-state index in [-0.39, 0.29) is 0 Å². The fourth-order valence-corrected chi connectivity index (χ4v) is 5.19. The number of aromatic nitrogens is 2. The highest BCUT2D eigenvalue weighted by Crippen LogP contribution is 2.37. The smallest absolute Gasteiger partial charge is 0.0722 e. The molecule has 0 saturated carbocycles. The second-order valence-corrected chi connectivity index (χ2v) is 9.08. The summed E-state index contributed by atoms with van der Waals surface area (Å²) < 4.78 is 0. The highest BCUT2D eigenvalue weighted by Gasteiger charge is 2.13. The van der Waals surface area contributed by atoms with Crippen LogP contribution in [-0.4, -0.2) is 9.97 Å². The summed E-state index contributed by atoms with van der Waals surface area (Å²) in [6.07, 6.45) is 3.79. The lowest BCUT2D eigenvalue weighted by molar-refractivity contribution is 1.36. The number of pyridine rings is 2. The molecule has 0 aliphatic rings. The molecular weight excluding hydrogens is 436 g/mol. The van der Waals surface area contributed by atoms with E-state index in [1.54, 1.807) is 0 Å². The number of benzene rings is 5. The second-order valence-electron chi connectivity index (χ2n) is 9.08. The van der Waals surface area contributed by atoms with Crippen LogP contribution in [0.4, 0.5) is 0 Å². The van der Waals surface area contributed by atoms with E-state index in [0.29, 0.717) is 0 Å². The van der Waals surface area contributed by atoms with Crippen LogP contribution >= 0.6 is 0 Å². The minimum Gasteiger partial charge on any atom is -0.264 e. The molecule has 2 heterocycles. The van der Waals surface area contributed by atoms with Gasteiger partial charge in [0.15, 0.2) is 0 Å². The van der Waals surface area contributed by atoms with Crippen LogP contribution in [0.2, 0.25) is 0 Å². The number of hydrogen-bond donors (Lipinski definition) is 0. The van der Waals surface area contributed by atoms with Crippen LogP contribution in [-0.2, 0) is 0 Å². The van der Waals surface area contributed by atoms with Crippen LogP contribution in [0.3, 0.4) is 0 Å². The number of rotatable bonds is 3. The van der Waals surface area contributed by atoms with Crippen LogP contribution in [0.1, 0.15) is 0 Å². The van der Waals surface area contributed by atoms with Crippen molar-refractivity contribution >= 4 is 32.4 Å². The van der Waals surface area contributed by atoms with E-state index in [1.165, 1.54) is 43.8 Å². The molecule has 7 aromatic rings. The zero-order valence-electron chi connectivity index (χ0n) is 19.6. The van der Waals surface area contributed by atoms with Crippen molar-refractivity contribution in [1.82, 2.24) is 9.97 Å². The topological polar surface area (TPSA) is 25.8 Å². The first-order valence-corrected chi connectivity index (χ1v) is 12.2. The summed E-state index contributed by atoms with van der Waals surface area (Å²) in [7, 11) is 0. The molecule has 0 aliphatic carbocycles. The van der Waals surface area contributed by atoms with Crippen molar-refractivity contribution < 1.29 is 0 Å². The van der Waals surface area contributed by atoms with Gasteiger partial charge in [0, 0.05) is 28.7 Å². The third-order valence-electron chi connectivity index (χ3n) is 6.96. The molecule has 0 radical (unpaired) electrons. The molecule has 36 heavy (non-hydrogen) atoms. The minimum atomic E-state index is 0.975. The normalized spacial score (nSPS) is 11.3. The monoisotopic (exact) mass is 458 g/mol. The van der Waals surface area contributed by atoms with Gasteiger partial charge in [-0.05, 0) is 56.6 Å². The first-order valence-electron chi connectivity index (χ1n) is 12.2. The fraction of sp³-hybridized carbons (Fsp3) is 0. The molecular formula is C34H22N2. The second kappa shape index (κ2) is 8.44. The van der Waals surface area contributed by atoms with Crippen LogP contribution < -0.4 is 0 Å². The van der Waals surface area contributed by atoms with E-state index in [1.807, 2.05) is 12.4 Å². The van der Waals surface area contributed by atoms with Gasteiger partial charge in [0.25, 0.3) is 0 Å². The maximum atomic E-state index is 5.12. The molecule has 0 unspecified atom stereocenters. The molecule has 7 rings (SSSR count). The van der Waals surface area contributed by atoms with Gasteiger partial charge in [-0.25, -0.2) is 4.98 Å². The van der Waals surface area contributed by atoms with Gasteiger partial charge in [-0.1, -0.05) is 103 Å². The molecule has 0 amide bonds. The zero-order valence-corrected chi connectivity index (χ0v) is 19.6. The average Bonchev–Trinajstić information content (AvgIpc) is 2.96. The van der Waals surface area contributed by atoms with Gasteiger partial charge < -0.3 is 0 Å². The SMILES string of the molecule is c1ccc(-c2cc(-c3ccc(-c4cccc5ccncc45)cc3)nc3ccc4ccccc4c23)cc1. The van der Waals surface area contributed by atoms with Crippen molar-refractivity contribution in [1.29, 1.82) is 0 Å². The molecule has 0 saturated heterocycles. The number of nitrogens with zero attached hydrogens (tertiary/aromatic N) is 2. The largest absolute Gasteiger partial charge is 0.264 e. The Kier molecular flexibility index (Phi) is 4.82. The van der Waals surface area contributed by atoms with Gasteiger partial charge in [-0.15, -0.1) is 0 Å². The van der Waals surface area contributed by atoms with Gasteiger partial charge in [0.1, 0.15) is 0 Å². The lowest BCUT2D eigenvalue weighted by Gasteiger charge is -2.13. The van der Waals surface area contributed by atoms with Crippen molar-refractivity contribution in [3.63, 3.8) is 0 Å². The maximum absolute atomic E-state index is 5.12. The predicted octanol–water partition coefficient (Wildman–Crippen LogP) is 8.94. The van der Waals surface area contributed by atoms with Gasteiger partial charge in [-0.2, -0.15) is 0 Å². The molecule has 2 aromatic heterocycles. The molecule has 5 aromatic carbocycles. The average molecular weight is 459 g/mol. The summed E-state index contributed by atoms with van der Waals surface area (Å²) >= 11 is 0. The molecule has 168 valence electrons. The Balaban J connectivity index is 1.41. The fourth-order valence-electron chi connectivity index (χ4n) is 5.19. The third kappa shape index (κ3) is 3.43. The van der Waals surface area contributed by atoms with E-state index in [2.05, 4.69) is 126 Å². The number of hydrogen-bond acceptors (Lipinski definition) is 2. The standard InChI is InChI=1S/C34H22N2/c1-2-7-23(8-3-1)30-21-33(36-32-18-17-24-9-4-5-11-29(24)34(30)32)27-15-13-26(14-16-27)28-12-6-10-25-19-20-35-22-31(25)28/h1-22H. The highest BCUT2D eigenvalue weighted by atomic mass is 14.7. The molecule has 0 fully saturated rings. The van der Waals surface area contributed by atoms with Crippen LogP contribution in [0, 0.1) is 0 Å². The minimum absolute atomic E-state index is 0.975. The van der Waals surface area contributed by atoms with Crippen molar-refractivity contribution in [2.45, 2.75) is 0 Å². The number of fused-ring (bicyclic) bond motifs is 4. The summed E-state index contributed by atoms with van der Waals surface area (Å²) in [4.78, 5) is 9.47. The van der Waals surface area contributed by atoms with E-state index in [0.717, 1.165) is 22.2 Å². The van der Waals surface area contributed by atoms with E-state index < -0.39 is 0 Å². The molecule has 0 atom stereocenters. The third-order valence-corrected chi connectivity index (χ3v) is 6.96. The first-order chi connectivity index (χ1) is 17.8. The Morgan fingerprint density at radius 1 is 0.472 bits per heavy atom. The summed E-state index contributed by atoms with van der Waals surface area (Å²) in [5, 5.41) is 6.01. The van der Waals surface area contributed by atoms with E-state index >= 15 is 0 Å². The van der Waals surface area contributed by atoms with Crippen LogP contribution in [0.5, 0.6) is 0 Å². The molecule has 0 spiro atoms. The Bertz CT molecular complexity index is 1870. The molecule has 0 bridgehead atoms. The summed E-state index contributed by atoms with van der Waals surface area (Å²) in [6.45, 7) is 0. The summed E-state index contributed by atoms with van der Waals surface area (Å²) in [6, 6.07) is 42.9. The molecule has 0 N–H and O–H groups in total. The maximum Gasteiger partial charge on any atom is 0.0722 e. The Hall–Kier alpha value is -4.82. The van der Waals surface area contributed by atoms with Crippen LogP contribution in [0.25, 0.3) is 66.0 Å². The summed E-state index contributed by atoms with van der Waals surface area (Å²) in [5.41, 5.74) is 7.85. The molecule has 2 nitrogen and oxygen atoms in total. The van der Waals surface area contributed by atoms with Crippen molar-refractivity contribution in [3.8, 4) is 33.5 Å². The predicted molar refractivity (Wildman–Crippen MR) is 151 cm³/mol. The quantitative estimate of drug-likeness (QED) is 0.247. The first kappa shape index (κ1) is 20.5. The Morgan fingerprint density at radius 3 is 2.08 bits per heavy atom. The van der Waals surface area contributed by atoms with Crippen molar-refractivity contribution in [2.75, 3.05) is 0 Å². The van der Waals surface area contributed by atoms with Gasteiger partial charge >= 0.3 is 0 Å². The van der Waals surface area contributed by atoms with Gasteiger partial charge in [-0.3, -0.25) is 4.98 Å². The molecule has 2 heteroatoms. The summed E-state index contributed by atoms with van der Waals surface area (Å²) in [5.74, 6) is 0. The van der Waals surface area contributed by atoms with E-state index in [9.17, 15) is 0 Å². The van der Waals surface area contributed by atoms with Crippen LogP contribution in [0.15, 0.2) is 134 Å². The Labute approximate surface area is 209 Å². The highest BCUT2D eigenvalue weighted by molar-refractivity contribution is 6.13. The Morgan fingerprint density at radius 2 is 1.19 bits per heavy atom. The van der Waals surface area contributed by atoms with Gasteiger partial charge in [0.05, 0.1) is 11.2 Å². The van der Waals surface area contributed by atoms with Crippen molar-refractivity contribution in [2.24, 2.45) is 0 Å².